The third-order valence-corrected chi connectivity index (χ3v) is 2.93. The number of nitrogens with zero attached hydrogens (tertiary/aromatic N) is 1. The molecule has 0 aliphatic heterocycles. The fraction of sp³-hybridized carbons (Fsp3) is 0.182. The Morgan fingerprint density at radius 3 is 2.94 bits per heavy atom. The first-order chi connectivity index (χ1) is 7.66. The molecule has 0 radical (unpaired) electrons. The number of halogens is 1. The quantitative estimate of drug-likeness (QED) is 0.863. The molecule has 1 aromatic heterocycles. The predicted octanol–water partition coefficient (Wildman–Crippen LogP) is 3.16. The van der Waals surface area contributed by atoms with E-state index in [1.54, 1.807) is 12.3 Å². The van der Waals surface area contributed by atoms with Crippen molar-refractivity contribution in [1.29, 1.82) is 0 Å². The zero-order valence-electron chi connectivity index (χ0n) is 8.64. The van der Waals surface area contributed by atoms with Gasteiger partial charge in [0.25, 0.3) is 0 Å². The summed E-state index contributed by atoms with van der Waals surface area (Å²) in [5.41, 5.74) is 0.507. The van der Waals surface area contributed by atoms with E-state index in [1.165, 1.54) is 17.4 Å². The maximum Gasteiger partial charge on any atom is 0.183 e. The van der Waals surface area contributed by atoms with Crippen LogP contribution in [0.5, 0.6) is 5.75 Å². The first kappa shape index (κ1) is 10.9. The molecule has 0 bridgehead atoms. The summed E-state index contributed by atoms with van der Waals surface area (Å²) in [5.74, 6) is -0.487. The maximum absolute atomic E-state index is 13.5. The molecule has 1 aromatic carbocycles. The molecule has 0 saturated heterocycles. The van der Waals surface area contributed by atoms with E-state index >= 15 is 0 Å². The molecule has 1 atom stereocenters. The van der Waals surface area contributed by atoms with Crippen molar-refractivity contribution in [2.45, 2.75) is 13.0 Å². The first-order valence-electron chi connectivity index (χ1n) is 4.81. The van der Waals surface area contributed by atoms with Gasteiger partial charge in [-0.3, -0.25) is 0 Å². The van der Waals surface area contributed by atoms with Crippen LogP contribution in [0.4, 0.5) is 9.52 Å². The summed E-state index contributed by atoms with van der Waals surface area (Å²) in [5, 5.41) is 14.8. The number of hydrogen-bond donors (Lipinski definition) is 2. The molecular formula is C11H11FN2OS. The van der Waals surface area contributed by atoms with Crippen LogP contribution < -0.4 is 5.32 Å². The molecular weight excluding hydrogens is 227 g/mol. The van der Waals surface area contributed by atoms with E-state index in [4.69, 9.17) is 5.11 Å². The summed E-state index contributed by atoms with van der Waals surface area (Å²) in [6.07, 6.45) is 1.69. The summed E-state index contributed by atoms with van der Waals surface area (Å²) in [4.78, 5) is 4.06. The van der Waals surface area contributed by atoms with Crippen LogP contribution in [0.1, 0.15) is 18.5 Å². The molecule has 0 aliphatic rings. The molecule has 0 amide bonds. The third-order valence-electron chi connectivity index (χ3n) is 2.22. The van der Waals surface area contributed by atoms with E-state index in [2.05, 4.69) is 10.3 Å². The standard InChI is InChI=1S/C11H11FN2OS/c1-7(14-11-13-4-5-16-11)9-3-2-8(15)6-10(9)12/h2-7,15H,1H3,(H,13,14). The average molecular weight is 238 g/mol. The van der Waals surface area contributed by atoms with Crippen LogP contribution in [-0.2, 0) is 0 Å². The summed E-state index contributed by atoms with van der Waals surface area (Å²) in [6.45, 7) is 1.84. The Kier molecular flexibility index (Phi) is 3.05. The average Bonchev–Trinajstić information content (AvgIpc) is 2.70. The second kappa shape index (κ2) is 4.49. The van der Waals surface area contributed by atoms with Gasteiger partial charge in [-0.25, -0.2) is 9.37 Å². The molecule has 3 nitrogen and oxygen atoms in total. The van der Waals surface area contributed by atoms with Crippen LogP contribution in [0.25, 0.3) is 0 Å². The van der Waals surface area contributed by atoms with Crippen LogP contribution in [0, 0.1) is 5.82 Å². The highest BCUT2D eigenvalue weighted by atomic mass is 32.1. The van der Waals surface area contributed by atoms with E-state index in [0.29, 0.717) is 5.56 Å². The molecule has 0 spiro atoms. The number of aromatic nitrogens is 1. The van der Waals surface area contributed by atoms with Crippen molar-refractivity contribution in [3.63, 3.8) is 0 Å². The van der Waals surface area contributed by atoms with Gasteiger partial charge in [-0.05, 0) is 13.0 Å². The number of thiazole rings is 1. The predicted molar refractivity (Wildman–Crippen MR) is 62.2 cm³/mol. The molecule has 1 unspecified atom stereocenters. The van der Waals surface area contributed by atoms with E-state index in [0.717, 1.165) is 11.2 Å². The van der Waals surface area contributed by atoms with E-state index in [-0.39, 0.29) is 11.8 Å². The molecule has 2 N–H and O–H groups in total. The van der Waals surface area contributed by atoms with Gasteiger partial charge >= 0.3 is 0 Å². The molecule has 16 heavy (non-hydrogen) atoms. The van der Waals surface area contributed by atoms with Gasteiger partial charge in [0.15, 0.2) is 5.13 Å². The second-order valence-electron chi connectivity index (χ2n) is 3.41. The zero-order valence-corrected chi connectivity index (χ0v) is 9.46. The van der Waals surface area contributed by atoms with Crippen molar-refractivity contribution < 1.29 is 9.50 Å². The molecule has 2 aromatic rings. The van der Waals surface area contributed by atoms with E-state index < -0.39 is 5.82 Å². The van der Waals surface area contributed by atoms with Crippen molar-refractivity contribution in [3.05, 3.63) is 41.2 Å². The first-order valence-corrected chi connectivity index (χ1v) is 5.69. The number of rotatable bonds is 3. The summed E-state index contributed by atoms with van der Waals surface area (Å²) in [7, 11) is 0. The Morgan fingerprint density at radius 2 is 2.31 bits per heavy atom. The van der Waals surface area contributed by atoms with Gasteiger partial charge < -0.3 is 10.4 Å². The van der Waals surface area contributed by atoms with Gasteiger partial charge in [-0.15, -0.1) is 11.3 Å². The summed E-state index contributed by atoms with van der Waals surface area (Å²) >= 11 is 1.46. The monoisotopic (exact) mass is 238 g/mol. The van der Waals surface area contributed by atoms with Gasteiger partial charge in [-0.2, -0.15) is 0 Å². The van der Waals surface area contributed by atoms with Gasteiger partial charge in [0.2, 0.25) is 0 Å². The lowest BCUT2D eigenvalue weighted by molar-refractivity contribution is 0.467. The number of nitrogens with one attached hydrogen (secondary N) is 1. The van der Waals surface area contributed by atoms with Crippen LogP contribution in [0.15, 0.2) is 29.8 Å². The third kappa shape index (κ3) is 2.30. The minimum absolute atomic E-state index is 0.0669. The maximum atomic E-state index is 13.5. The van der Waals surface area contributed by atoms with E-state index in [1.807, 2.05) is 12.3 Å². The molecule has 84 valence electrons. The Bertz CT molecular complexity index is 473. The molecule has 2 rings (SSSR count). The number of hydrogen-bond acceptors (Lipinski definition) is 4. The van der Waals surface area contributed by atoms with Crippen molar-refractivity contribution in [3.8, 4) is 5.75 Å². The highest BCUT2D eigenvalue weighted by molar-refractivity contribution is 7.13. The number of benzene rings is 1. The fourth-order valence-corrected chi connectivity index (χ4v) is 2.04. The number of phenols is 1. The Hall–Kier alpha value is -1.62. The topological polar surface area (TPSA) is 45.2 Å². The number of anilines is 1. The van der Waals surface area contributed by atoms with Crippen LogP contribution >= 0.6 is 11.3 Å². The van der Waals surface area contributed by atoms with Crippen molar-refractivity contribution in [2.24, 2.45) is 0 Å². The minimum Gasteiger partial charge on any atom is -0.508 e. The van der Waals surface area contributed by atoms with Gasteiger partial charge in [0.1, 0.15) is 11.6 Å². The highest BCUT2D eigenvalue weighted by Gasteiger charge is 2.11. The molecule has 1 heterocycles. The minimum atomic E-state index is -0.420. The largest absolute Gasteiger partial charge is 0.508 e. The lowest BCUT2D eigenvalue weighted by Crippen LogP contribution is -2.08. The Labute approximate surface area is 96.6 Å². The molecule has 5 heteroatoms. The fourth-order valence-electron chi connectivity index (χ4n) is 1.42. The summed E-state index contributed by atoms with van der Waals surface area (Å²) in [6, 6.07) is 3.95. The van der Waals surface area contributed by atoms with Gasteiger partial charge in [0.05, 0.1) is 6.04 Å². The number of aromatic hydroxyl groups is 1. The highest BCUT2D eigenvalue weighted by Crippen LogP contribution is 2.24. The zero-order chi connectivity index (χ0) is 11.5. The Balaban J connectivity index is 2.17. The lowest BCUT2D eigenvalue weighted by Gasteiger charge is -2.14. The van der Waals surface area contributed by atoms with Crippen molar-refractivity contribution >= 4 is 16.5 Å². The SMILES string of the molecule is CC(Nc1nccs1)c1ccc(O)cc1F. The van der Waals surface area contributed by atoms with Crippen molar-refractivity contribution in [2.75, 3.05) is 5.32 Å². The van der Waals surface area contributed by atoms with Gasteiger partial charge in [-0.1, -0.05) is 6.07 Å². The normalized spacial score (nSPS) is 12.4. The lowest BCUT2D eigenvalue weighted by atomic mass is 10.1. The second-order valence-corrected chi connectivity index (χ2v) is 4.30. The molecule has 0 saturated carbocycles. The molecule has 0 fully saturated rings. The van der Waals surface area contributed by atoms with Crippen LogP contribution in [-0.4, -0.2) is 10.1 Å². The van der Waals surface area contributed by atoms with Crippen molar-refractivity contribution in [1.82, 2.24) is 4.98 Å². The van der Waals surface area contributed by atoms with Crippen LogP contribution in [0.2, 0.25) is 0 Å². The summed E-state index contributed by atoms with van der Waals surface area (Å²) < 4.78 is 13.5. The smallest absolute Gasteiger partial charge is 0.183 e. The Morgan fingerprint density at radius 1 is 1.50 bits per heavy atom. The van der Waals surface area contributed by atoms with Gasteiger partial charge in [0, 0.05) is 23.2 Å². The van der Waals surface area contributed by atoms with Crippen LogP contribution in [0.3, 0.4) is 0 Å². The molecule has 0 aliphatic carbocycles. The van der Waals surface area contributed by atoms with E-state index in [9.17, 15) is 4.39 Å². The number of phenolic OH excluding ortho intramolecular Hbond substituents is 1.